The molecule has 0 aliphatic rings. The molecule has 146 valence electrons. The van der Waals surface area contributed by atoms with E-state index in [0.717, 1.165) is 22.5 Å². The van der Waals surface area contributed by atoms with Crippen LogP contribution < -0.4 is 0 Å². The van der Waals surface area contributed by atoms with Gasteiger partial charge in [0.2, 0.25) is 0 Å². The van der Waals surface area contributed by atoms with Crippen molar-refractivity contribution in [3.63, 3.8) is 0 Å². The van der Waals surface area contributed by atoms with E-state index >= 15 is 0 Å². The molecule has 0 atom stereocenters. The normalized spacial score (nSPS) is 11.5. The quantitative estimate of drug-likeness (QED) is 0.502. The molecule has 1 aromatic heterocycles. The predicted octanol–water partition coefficient (Wildman–Crippen LogP) is 4.97. The highest BCUT2D eigenvalue weighted by atomic mass is 35.5. The molecule has 1 N–H and O–H groups in total. The Hall–Kier alpha value is -3.09. The van der Waals surface area contributed by atoms with Crippen molar-refractivity contribution in [2.24, 2.45) is 0 Å². The average molecular weight is 425 g/mol. The molecular formula is C22H17ClN2O3S. The standard InChI is InChI=1S/C22H17ClN2O3S/c1-29(27,28)20-11-9-18(10-12-20)25-22(16-3-2-4-19(26)13-16)14-21(24-25)15-5-7-17(23)8-6-15/h2-14,26H,1H3. The predicted molar refractivity (Wildman–Crippen MR) is 114 cm³/mol. The molecular weight excluding hydrogens is 408 g/mol. The van der Waals surface area contributed by atoms with Gasteiger partial charge in [0.25, 0.3) is 0 Å². The Kier molecular flexibility index (Phi) is 4.90. The van der Waals surface area contributed by atoms with E-state index in [4.69, 9.17) is 16.7 Å². The van der Waals surface area contributed by atoms with Crippen molar-refractivity contribution in [3.8, 4) is 34.0 Å². The number of rotatable bonds is 4. The maximum atomic E-state index is 11.8. The van der Waals surface area contributed by atoms with Crippen LogP contribution in [0.4, 0.5) is 0 Å². The van der Waals surface area contributed by atoms with E-state index < -0.39 is 9.84 Å². The van der Waals surface area contributed by atoms with Crippen LogP contribution in [0, 0.1) is 0 Å². The summed E-state index contributed by atoms with van der Waals surface area (Å²) < 4.78 is 25.3. The summed E-state index contributed by atoms with van der Waals surface area (Å²) in [6, 6.07) is 22.7. The van der Waals surface area contributed by atoms with Gasteiger partial charge in [0, 0.05) is 22.4 Å². The van der Waals surface area contributed by atoms with Crippen LogP contribution in [0.25, 0.3) is 28.2 Å². The van der Waals surface area contributed by atoms with Gasteiger partial charge in [-0.3, -0.25) is 0 Å². The summed E-state index contributed by atoms with van der Waals surface area (Å²) in [5, 5.41) is 15.3. The minimum atomic E-state index is -3.29. The topological polar surface area (TPSA) is 72.2 Å². The lowest BCUT2D eigenvalue weighted by molar-refractivity contribution is 0.475. The van der Waals surface area contributed by atoms with Crippen molar-refractivity contribution >= 4 is 21.4 Å². The zero-order valence-electron chi connectivity index (χ0n) is 15.4. The Morgan fingerprint density at radius 1 is 0.897 bits per heavy atom. The maximum absolute atomic E-state index is 11.8. The Morgan fingerprint density at radius 3 is 2.21 bits per heavy atom. The van der Waals surface area contributed by atoms with E-state index in [1.807, 2.05) is 24.3 Å². The van der Waals surface area contributed by atoms with Crippen molar-refractivity contribution in [1.29, 1.82) is 0 Å². The Labute approximate surface area is 173 Å². The second kappa shape index (κ2) is 7.39. The zero-order chi connectivity index (χ0) is 20.6. The molecule has 4 rings (SSSR count). The van der Waals surface area contributed by atoms with E-state index in [-0.39, 0.29) is 10.6 Å². The van der Waals surface area contributed by atoms with Crippen molar-refractivity contribution in [2.45, 2.75) is 4.90 Å². The minimum absolute atomic E-state index is 0.149. The van der Waals surface area contributed by atoms with Crippen LogP contribution in [0.15, 0.2) is 83.8 Å². The van der Waals surface area contributed by atoms with Crippen LogP contribution in [-0.4, -0.2) is 29.6 Å². The molecule has 0 spiro atoms. The summed E-state index contributed by atoms with van der Waals surface area (Å²) in [7, 11) is -3.29. The molecule has 7 heteroatoms. The molecule has 0 aliphatic heterocycles. The molecule has 1 heterocycles. The number of aromatic nitrogens is 2. The van der Waals surface area contributed by atoms with Crippen molar-refractivity contribution < 1.29 is 13.5 Å². The first-order chi connectivity index (χ1) is 13.8. The molecule has 29 heavy (non-hydrogen) atoms. The third-order valence-corrected chi connectivity index (χ3v) is 5.88. The van der Waals surface area contributed by atoms with E-state index in [1.165, 1.54) is 6.26 Å². The highest BCUT2D eigenvalue weighted by Gasteiger charge is 2.15. The van der Waals surface area contributed by atoms with E-state index in [9.17, 15) is 13.5 Å². The van der Waals surface area contributed by atoms with Gasteiger partial charge in [-0.1, -0.05) is 35.9 Å². The second-order valence-corrected chi connectivity index (χ2v) is 9.10. The molecule has 0 unspecified atom stereocenters. The van der Waals surface area contributed by atoms with Gasteiger partial charge >= 0.3 is 0 Å². The van der Waals surface area contributed by atoms with Crippen molar-refractivity contribution in [3.05, 3.63) is 83.9 Å². The average Bonchev–Trinajstić information content (AvgIpc) is 3.13. The monoisotopic (exact) mass is 424 g/mol. The summed E-state index contributed by atoms with van der Waals surface area (Å²) in [5.41, 5.74) is 3.87. The molecule has 0 radical (unpaired) electrons. The zero-order valence-corrected chi connectivity index (χ0v) is 17.0. The van der Waals surface area contributed by atoms with Crippen LogP contribution in [0.5, 0.6) is 5.75 Å². The summed E-state index contributed by atoms with van der Waals surface area (Å²) in [6.45, 7) is 0. The van der Waals surface area contributed by atoms with Gasteiger partial charge < -0.3 is 5.11 Å². The molecule has 0 fully saturated rings. The van der Waals surface area contributed by atoms with Gasteiger partial charge in [-0.15, -0.1) is 0 Å². The number of hydrogen-bond donors (Lipinski definition) is 1. The molecule has 0 bridgehead atoms. The molecule has 0 saturated heterocycles. The largest absolute Gasteiger partial charge is 0.508 e. The molecule has 0 amide bonds. The second-order valence-electron chi connectivity index (χ2n) is 6.65. The third-order valence-electron chi connectivity index (χ3n) is 4.50. The molecule has 3 aromatic carbocycles. The fourth-order valence-corrected chi connectivity index (χ4v) is 3.80. The Balaban J connectivity index is 1.88. The Morgan fingerprint density at radius 2 is 1.59 bits per heavy atom. The van der Waals surface area contributed by atoms with Crippen LogP contribution in [-0.2, 0) is 9.84 Å². The smallest absolute Gasteiger partial charge is 0.175 e. The molecule has 0 saturated carbocycles. The fourth-order valence-electron chi connectivity index (χ4n) is 3.05. The minimum Gasteiger partial charge on any atom is -0.508 e. The third kappa shape index (κ3) is 4.04. The van der Waals surface area contributed by atoms with Gasteiger partial charge in [-0.05, 0) is 54.6 Å². The van der Waals surface area contributed by atoms with Gasteiger partial charge in [0.15, 0.2) is 9.84 Å². The van der Waals surface area contributed by atoms with Gasteiger partial charge in [0.1, 0.15) is 5.75 Å². The Bertz CT molecular complexity index is 1280. The van der Waals surface area contributed by atoms with Crippen LogP contribution >= 0.6 is 11.6 Å². The van der Waals surface area contributed by atoms with Crippen LogP contribution in [0.1, 0.15) is 0 Å². The number of phenolic OH excluding ortho intramolecular Hbond substituents is 1. The summed E-state index contributed by atoms with van der Waals surface area (Å²) >= 11 is 5.99. The van der Waals surface area contributed by atoms with Crippen LogP contribution in [0.2, 0.25) is 5.02 Å². The number of nitrogens with zero attached hydrogens (tertiary/aromatic N) is 2. The highest BCUT2D eigenvalue weighted by molar-refractivity contribution is 7.90. The number of aromatic hydroxyl groups is 1. The van der Waals surface area contributed by atoms with Crippen LogP contribution in [0.3, 0.4) is 0 Å². The SMILES string of the molecule is CS(=O)(=O)c1ccc(-n2nc(-c3ccc(Cl)cc3)cc2-c2cccc(O)c2)cc1. The van der Waals surface area contributed by atoms with Gasteiger partial charge in [0.05, 0.1) is 22.0 Å². The maximum Gasteiger partial charge on any atom is 0.175 e. The first-order valence-corrected chi connectivity index (χ1v) is 11.0. The number of halogens is 1. The van der Waals surface area contributed by atoms with E-state index in [1.54, 1.807) is 59.3 Å². The summed E-state index contributed by atoms with van der Waals surface area (Å²) in [5.74, 6) is 0.149. The number of sulfone groups is 1. The van der Waals surface area contributed by atoms with E-state index in [0.29, 0.717) is 10.7 Å². The number of benzene rings is 3. The van der Waals surface area contributed by atoms with Crippen molar-refractivity contribution in [2.75, 3.05) is 6.26 Å². The molecule has 4 aromatic rings. The lowest BCUT2D eigenvalue weighted by Gasteiger charge is -2.09. The number of phenols is 1. The van der Waals surface area contributed by atoms with Crippen molar-refractivity contribution in [1.82, 2.24) is 9.78 Å². The summed E-state index contributed by atoms with van der Waals surface area (Å²) in [4.78, 5) is 0.241. The molecule has 0 aliphatic carbocycles. The van der Waals surface area contributed by atoms with E-state index in [2.05, 4.69) is 0 Å². The lowest BCUT2D eigenvalue weighted by Crippen LogP contribution is -2.01. The first-order valence-electron chi connectivity index (χ1n) is 8.77. The molecule has 5 nitrogen and oxygen atoms in total. The van der Waals surface area contributed by atoms with Gasteiger partial charge in [-0.2, -0.15) is 5.10 Å². The first kappa shape index (κ1) is 19.2. The summed E-state index contributed by atoms with van der Waals surface area (Å²) in [6.07, 6.45) is 1.17. The lowest BCUT2D eigenvalue weighted by atomic mass is 10.1. The fraction of sp³-hybridized carbons (Fsp3) is 0.0455. The number of hydrogen-bond acceptors (Lipinski definition) is 4. The van der Waals surface area contributed by atoms with Gasteiger partial charge in [-0.25, -0.2) is 13.1 Å². The highest BCUT2D eigenvalue weighted by Crippen LogP contribution is 2.31.